The molecule has 0 radical (unpaired) electrons. The number of benzene rings is 2. The van der Waals surface area contributed by atoms with Crippen LogP contribution in [0.2, 0.25) is 0 Å². The number of aryl methyl sites for hydroxylation is 2. The molecule has 0 saturated carbocycles. The van der Waals surface area contributed by atoms with Gasteiger partial charge >= 0.3 is 5.97 Å². The molecular weight excluding hydrogens is 274 g/mol. The number of carbonyl (C=O) groups is 1. The van der Waals surface area contributed by atoms with E-state index in [0.29, 0.717) is 5.56 Å². The highest BCUT2D eigenvalue weighted by Gasteiger charge is 2.22. The van der Waals surface area contributed by atoms with Gasteiger partial charge in [-0.05, 0) is 54.7 Å². The number of esters is 1. The predicted molar refractivity (Wildman–Crippen MR) is 88.5 cm³/mol. The minimum Gasteiger partial charge on any atom is -0.465 e. The van der Waals surface area contributed by atoms with Gasteiger partial charge in [-0.25, -0.2) is 4.79 Å². The fourth-order valence-electron chi connectivity index (χ4n) is 3.14. The van der Waals surface area contributed by atoms with Crippen LogP contribution in [0.3, 0.4) is 0 Å². The van der Waals surface area contributed by atoms with Crippen molar-refractivity contribution in [1.82, 2.24) is 0 Å². The molecule has 0 atom stereocenters. The van der Waals surface area contributed by atoms with Crippen LogP contribution in [-0.2, 0) is 17.7 Å². The number of hydrogen-bond donors (Lipinski definition) is 0. The number of anilines is 1. The van der Waals surface area contributed by atoms with Crippen LogP contribution in [0, 0.1) is 13.8 Å². The SMILES string of the molecule is COC(=O)c1ccc2c(c1)N(Cc1c(C)cccc1C)CC2. The largest absolute Gasteiger partial charge is 0.465 e. The topological polar surface area (TPSA) is 29.5 Å². The Labute approximate surface area is 131 Å². The van der Waals surface area contributed by atoms with Crippen LogP contribution in [0.15, 0.2) is 36.4 Å². The Balaban J connectivity index is 1.92. The molecule has 3 rings (SSSR count). The zero-order valence-electron chi connectivity index (χ0n) is 13.3. The van der Waals surface area contributed by atoms with E-state index in [-0.39, 0.29) is 5.97 Å². The second-order valence-electron chi connectivity index (χ2n) is 5.88. The second kappa shape index (κ2) is 5.84. The fourth-order valence-corrected chi connectivity index (χ4v) is 3.14. The van der Waals surface area contributed by atoms with Crippen molar-refractivity contribution in [3.05, 3.63) is 64.2 Å². The van der Waals surface area contributed by atoms with Crippen LogP contribution >= 0.6 is 0 Å². The van der Waals surface area contributed by atoms with E-state index in [0.717, 1.165) is 25.2 Å². The molecule has 1 aliphatic rings. The standard InChI is InChI=1S/C19H21NO2/c1-13-5-4-6-14(2)17(13)12-20-10-9-15-7-8-16(11-18(15)20)19(21)22-3/h4-8,11H,9-10,12H2,1-3H3. The summed E-state index contributed by atoms with van der Waals surface area (Å²) in [5.41, 5.74) is 7.09. The monoisotopic (exact) mass is 295 g/mol. The lowest BCUT2D eigenvalue weighted by Crippen LogP contribution is -2.21. The molecule has 0 N–H and O–H groups in total. The van der Waals surface area contributed by atoms with E-state index in [1.165, 1.54) is 29.4 Å². The lowest BCUT2D eigenvalue weighted by molar-refractivity contribution is 0.0601. The molecule has 0 bridgehead atoms. The van der Waals surface area contributed by atoms with E-state index in [1.807, 2.05) is 18.2 Å². The number of methoxy groups -OCH3 is 1. The third kappa shape index (κ3) is 2.59. The fraction of sp³-hybridized carbons (Fsp3) is 0.316. The third-order valence-electron chi connectivity index (χ3n) is 4.49. The van der Waals surface area contributed by atoms with E-state index in [1.54, 1.807) is 0 Å². The lowest BCUT2D eigenvalue weighted by Gasteiger charge is -2.22. The molecule has 22 heavy (non-hydrogen) atoms. The first-order valence-electron chi connectivity index (χ1n) is 7.61. The van der Waals surface area contributed by atoms with Gasteiger partial charge in [0.1, 0.15) is 0 Å². The molecule has 0 spiro atoms. The summed E-state index contributed by atoms with van der Waals surface area (Å²) in [7, 11) is 1.42. The van der Waals surface area contributed by atoms with Gasteiger partial charge in [-0.2, -0.15) is 0 Å². The lowest BCUT2D eigenvalue weighted by atomic mass is 10.0. The number of fused-ring (bicyclic) bond motifs is 1. The molecule has 3 nitrogen and oxygen atoms in total. The zero-order valence-corrected chi connectivity index (χ0v) is 13.3. The van der Waals surface area contributed by atoms with Crippen LogP contribution < -0.4 is 4.90 Å². The summed E-state index contributed by atoms with van der Waals surface area (Å²) >= 11 is 0. The van der Waals surface area contributed by atoms with Gasteiger partial charge in [-0.3, -0.25) is 0 Å². The van der Waals surface area contributed by atoms with E-state index in [2.05, 4.69) is 36.9 Å². The Hall–Kier alpha value is -2.29. The van der Waals surface area contributed by atoms with Crippen LogP contribution in [0.4, 0.5) is 5.69 Å². The van der Waals surface area contributed by atoms with Crippen molar-refractivity contribution in [3.63, 3.8) is 0 Å². The maximum atomic E-state index is 11.7. The zero-order chi connectivity index (χ0) is 15.7. The molecule has 0 amide bonds. The summed E-state index contributed by atoms with van der Waals surface area (Å²) in [6.07, 6.45) is 1.03. The van der Waals surface area contributed by atoms with Crippen LogP contribution in [0.25, 0.3) is 0 Å². The highest BCUT2D eigenvalue weighted by atomic mass is 16.5. The van der Waals surface area contributed by atoms with Crippen LogP contribution in [0.5, 0.6) is 0 Å². The molecule has 0 fully saturated rings. The van der Waals surface area contributed by atoms with E-state index in [4.69, 9.17) is 4.74 Å². The number of nitrogens with zero attached hydrogens (tertiary/aromatic N) is 1. The summed E-state index contributed by atoms with van der Waals surface area (Å²) < 4.78 is 4.83. The Morgan fingerprint density at radius 1 is 1.18 bits per heavy atom. The second-order valence-corrected chi connectivity index (χ2v) is 5.88. The van der Waals surface area contributed by atoms with Crippen LogP contribution in [0.1, 0.15) is 32.6 Å². The van der Waals surface area contributed by atoms with Crippen molar-refractivity contribution in [2.24, 2.45) is 0 Å². The molecule has 1 aliphatic heterocycles. The minimum atomic E-state index is -0.276. The number of rotatable bonds is 3. The summed E-state index contributed by atoms with van der Waals surface area (Å²) in [6, 6.07) is 12.3. The molecule has 0 aromatic heterocycles. The molecule has 0 aliphatic carbocycles. The Morgan fingerprint density at radius 2 is 1.91 bits per heavy atom. The van der Waals surface area contributed by atoms with E-state index in [9.17, 15) is 4.79 Å². The van der Waals surface area contributed by atoms with Crippen molar-refractivity contribution in [3.8, 4) is 0 Å². The van der Waals surface area contributed by atoms with Crippen LogP contribution in [-0.4, -0.2) is 19.6 Å². The predicted octanol–water partition coefficient (Wildman–Crippen LogP) is 3.65. The molecule has 3 heteroatoms. The molecule has 114 valence electrons. The maximum absolute atomic E-state index is 11.7. The molecule has 2 aromatic rings. The highest BCUT2D eigenvalue weighted by Crippen LogP contribution is 2.31. The molecule has 0 unspecified atom stereocenters. The first-order chi connectivity index (χ1) is 10.6. The van der Waals surface area contributed by atoms with Crippen molar-refractivity contribution >= 4 is 11.7 Å². The number of hydrogen-bond acceptors (Lipinski definition) is 3. The van der Waals surface area contributed by atoms with Gasteiger partial charge in [0, 0.05) is 18.8 Å². The smallest absolute Gasteiger partial charge is 0.337 e. The van der Waals surface area contributed by atoms with E-state index < -0.39 is 0 Å². The Morgan fingerprint density at radius 3 is 2.59 bits per heavy atom. The average Bonchev–Trinajstić information content (AvgIpc) is 2.92. The highest BCUT2D eigenvalue weighted by molar-refractivity contribution is 5.91. The van der Waals surface area contributed by atoms with Crippen molar-refractivity contribution in [2.45, 2.75) is 26.8 Å². The van der Waals surface area contributed by atoms with E-state index >= 15 is 0 Å². The van der Waals surface area contributed by atoms with Crippen molar-refractivity contribution in [2.75, 3.05) is 18.6 Å². The van der Waals surface area contributed by atoms with Crippen molar-refractivity contribution in [1.29, 1.82) is 0 Å². The first kappa shape index (κ1) is 14.6. The number of ether oxygens (including phenoxy) is 1. The summed E-state index contributed by atoms with van der Waals surface area (Å²) in [6.45, 7) is 6.19. The average molecular weight is 295 g/mol. The molecular formula is C19H21NO2. The third-order valence-corrected chi connectivity index (χ3v) is 4.49. The Kier molecular flexibility index (Phi) is 3.88. The normalized spacial score (nSPS) is 13.1. The number of carbonyl (C=O) groups excluding carboxylic acids is 1. The Bertz CT molecular complexity index is 701. The van der Waals surface area contributed by atoms with Gasteiger partial charge in [-0.1, -0.05) is 24.3 Å². The van der Waals surface area contributed by atoms with Gasteiger partial charge in [0.15, 0.2) is 0 Å². The quantitative estimate of drug-likeness (QED) is 0.809. The summed E-state index contributed by atoms with van der Waals surface area (Å²) in [5.74, 6) is -0.276. The van der Waals surface area contributed by atoms with Gasteiger partial charge in [0.2, 0.25) is 0 Å². The minimum absolute atomic E-state index is 0.276. The van der Waals surface area contributed by atoms with Gasteiger partial charge in [0.05, 0.1) is 12.7 Å². The van der Waals surface area contributed by atoms with Gasteiger partial charge in [0.25, 0.3) is 0 Å². The summed E-state index contributed by atoms with van der Waals surface area (Å²) in [4.78, 5) is 14.1. The first-order valence-corrected chi connectivity index (χ1v) is 7.61. The molecule has 1 heterocycles. The maximum Gasteiger partial charge on any atom is 0.337 e. The molecule has 0 saturated heterocycles. The van der Waals surface area contributed by atoms with Gasteiger partial charge in [-0.15, -0.1) is 0 Å². The molecule has 2 aromatic carbocycles. The van der Waals surface area contributed by atoms with Gasteiger partial charge < -0.3 is 9.64 Å². The van der Waals surface area contributed by atoms with Crippen molar-refractivity contribution < 1.29 is 9.53 Å². The summed E-state index contributed by atoms with van der Waals surface area (Å²) in [5, 5.41) is 0.